The van der Waals surface area contributed by atoms with Gasteiger partial charge < -0.3 is 4.74 Å². The Bertz CT molecular complexity index is 680. The van der Waals surface area contributed by atoms with Gasteiger partial charge in [0.05, 0.1) is 4.90 Å². The first kappa shape index (κ1) is 17.7. The first-order chi connectivity index (χ1) is 10.6. The highest BCUT2D eigenvalue weighted by Gasteiger charge is 2.48. The molecular formula is C14H16F3NO4S. The molecule has 1 fully saturated rings. The van der Waals surface area contributed by atoms with E-state index in [0.29, 0.717) is 6.07 Å². The number of carbonyl (C=O) groups is 1. The van der Waals surface area contributed by atoms with Gasteiger partial charge in [-0.05, 0) is 43.5 Å². The SMILES string of the molecule is Cc1cc(F)cc(S(=O)(=O)NC(=O)C(F)(F)C2CCOCC2)c1. The maximum Gasteiger partial charge on any atom is 0.328 e. The van der Waals surface area contributed by atoms with E-state index in [-0.39, 0.29) is 31.6 Å². The molecule has 0 radical (unpaired) electrons. The zero-order valence-electron chi connectivity index (χ0n) is 12.3. The minimum absolute atomic E-state index is 0.0421. The van der Waals surface area contributed by atoms with Gasteiger partial charge in [0, 0.05) is 19.1 Å². The topological polar surface area (TPSA) is 72.5 Å². The molecule has 1 aliphatic heterocycles. The highest BCUT2D eigenvalue weighted by atomic mass is 32.2. The molecule has 5 nitrogen and oxygen atoms in total. The van der Waals surface area contributed by atoms with Crippen molar-refractivity contribution in [3.63, 3.8) is 0 Å². The number of aryl methyl sites for hydroxylation is 1. The van der Waals surface area contributed by atoms with E-state index in [1.807, 2.05) is 0 Å². The number of sulfonamides is 1. The van der Waals surface area contributed by atoms with Crippen LogP contribution in [0.2, 0.25) is 0 Å². The van der Waals surface area contributed by atoms with Crippen molar-refractivity contribution in [2.75, 3.05) is 13.2 Å². The molecule has 1 aromatic rings. The third-order valence-electron chi connectivity index (χ3n) is 3.59. The Kier molecular flexibility index (Phi) is 5.00. The number of alkyl halides is 2. The quantitative estimate of drug-likeness (QED) is 0.901. The van der Waals surface area contributed by atoms with Crippen LogP contribution in [0, 0.1) is 18.7 Å². The molecule has 0 saturated carbocycles. The van der Waals surface area contributed by atoms with Crippen molar-refractivity contribution in [2.24, 2.45) is 5.92 Å². The highest BCUT2D eigenvalue weighted by Crippen LogP contribution is 2.33. The van der Waals surface area contributed by atoms with Gasteiger partial charge in [0.1, 0.15) is 5.82 Å². The minimum Gasteiger partial charge on any atom is -0.381 e. The molecule has 1 aliphatic rings. The molecule has 0 atom stereocenters. The Morgan fingerprint density at radius 1 is 1.26 bits per heavy atom. The fourth-order valence-corrected chi connectivity index (χ4v) is 3.46. The molecule has 0 spiro atoms. The summed E-state index contributed by atoms with van der Waals surface area (Å²) in [6.45, 7) is 1.62. The number of benzene rings is 1. The van der Waals surface area contributed by atoms with Gasteiger partial charge in [-0.15, -0.1) is 0 Å². The summed E-state index contributed by atoms with van der Waals surface area (Å²) in [7, 11) is -4.58. The van der Waals surface area contributed by atoms with Crippen LogP contribution in [0.1, 0.15) is 18.4 Å². The zero-order valence-corrected chi connectivity index (χ0v) is 13.1. The number of carbonyl (C=O) groups excluding carboxylic acids is 1. The lowest BCUT2D eigenvalue weighted by molar-refractivity contribution is -0.157. The summed E-state index contributed by atoms with van der Waals surface area (Å²) in [5.74, 6) is -7.89. The van der Waals surface area contributed by atoms with Crippen LogP contribution in [0.15, 0.2) is 23.1 Å². The Labute approximate surface area is 131 Å². The standard InChI is InChI=1S/C14H16F3NO4S/c1-9-6-11(15)8-12(7-9)23(20,21)18-13(19)14(16,17)10-2-4-22-5-3-10/h6-8,10H,2-5H2,1H3,(H,18,19). The molecule has 1 amide bonds. The maximum atomic E-state index is 14.1. The van der Waals surface area contributed by atoms with Crippen LogP contribution in [0.4, 0.5) is 13.2 Å². The first-order valence-electron chi connectivity index (χ1n) is 6.93. The molecular weight excluding hydrogens is 335 g/mol. The molecule has 1 N–H and O–H groups in total. The average molecular weight is 351 g/mol. The van der Waals surface area contributed by atoms with Gasteiger partial charge in [-0.3, -0.25) is 4.79 Å². The van der Waals surface area contributed by atoms with Crippen molar-refractivity contribution >= 4 is 15.9 Å². The van der Waals surface area contributed by atoms with Crippen LogP contribution in [0.5, 0.6) is 0 Å². The molecule has 2 rings (SSSR count). The number of hydrogen-bond acceptors (Lipinski definition) is 4. The van der Waals surface area contributed by atoms with Crippen molar-refractivity contribution in [3.8, 4) is 0 Å². The largest absolute Gasteiger partial charge is 0.381 e. The van der Waals surface area contributed by atoms with Crippen molar-refractivity contribution in [1.82, 2.24) is 4.72 Å². The molecule has 1 aromatic carbocycles. The summed E-state index contributed by atoms with van der Waals surface area (Å²) in [5, 5.41) is 0. The Balaban J connectivity index is 2.20. The fourth-order valence-electron chi connectivity index (χ4n) is 2.35. The Morgan fingerprint density at radius 2 is 1.87 bits per heavy atom. The number of amides is 1. The van der Waals surface area contributed by atoms with Crippen LogP contribution >= 0.6 is 0 Å². The van der Waals surface area contributed by atoms with Gasteiger partial charge in [0.15, 0.2) is 0 Å². The second kappa shape index (κ2) is 6.48. The van der Waals surface area contributed by atoms with Crippen LogP contribution in [0.25, 0.3) is 0 Å². The van der Waals surface area contributed by atoms with Gasteiger partial charge in [0.25, 0.3) is 10.0 Å². The smallest absolute Gasteiger partial charge is 0.328 e. The molecule has 1 heterocycles. The zero-order chi connectivity index (χ0) is 17.3. The summed E-state index contributed by atoms with van der Waals surface area (Å²) in [4.78, 5) is 11.2. The van der Waals surface area contributed by atoms with Gasteiger partial charge in [-0.1, -0.05) is 0 Å². The summed E-state index contributed by atoms with van der Waals surface area (Å²) < 4.78 is 71.8. The van der Waals surface area contributed by atoms with Crippen molar-refractivity contribution in [3.05, 3.63) is 29.6 Å². The fraction of sp³-hybridized carbons (Fsp3) is 0.500. The lowest BCUT2D eigenvalue weighted by Crippen LogP contribution is -2.48. The summed E-state index contributed by atoms with van der Waals surface area (Å²) in [6, 6.07) is 2.83. The predicted octanol–water partition coefficient (Wildman–Crippen LogP) is 2.00. The van der Waals surface area contributed by atoms with Crippen molar-refractivity contribution < 1.29 is 31.1 Å². The van der Waals surface area contributed by atoms with E-state index in [9.17, 15) is 26.4 Å². The van der Waals surface area contributed by atoms with Gasteiger partial charge in [-0.2, -0.15) is 8.78 Å². The third kappa shape index (κ3) is 4.03. The molecule has 0 unspecified atom stereocenters. The molecule has 0 bridgehead atoms. The third-order valence-corrected chi connectivity index (χ3v) is 4.90. The molecule has 128 valence electrons. The lowest BCUT2D eigenvalue weighted by Gasteiger charge is -2.28. The van der Waals surface area contributed by atoms with Crippen LogP contribution in [-0.4, -0.2) is 33.5 Å². The lowest BCUT2D eigenvalue weighted by atomic mass is 9.92. The van der Waals surface area contributed by atoms with Crippen LogP contribution in [0.3, 0.4) is 0 Å². The van der Waals surface area contributed by atoms with Crippen LogP contribution < -0.4 is 4.72 Å². The molecule has 0 aliphatic carbocycles. The van der Waals surface area contributed by atoms with E-state index in [4.69, 9.17) is 4.74 Å². The Morgan fingerprint density at radius 3 is 2.43 bits per heavy atom. The summed E-state index contributed by atoms with van der Waals surface area (Å²) >= 11 is 0. The van der Waals surface area contributed by atoms with Gasteiger partial charge in [0.2, 0.25) is 0 Å². The van der Waals surface area contributed by atoms with E-state index in [1.54, 1.807) is 0 Å². The van der Waals surface area contributed by atoms with Crippen LogP contribution in [-0.2, 0) is 19.6 Å². The first-order valence-corrected chi connectivity index (χ1v) is 8.41. The van der Waals surface area contributed by atoms with Crippen molar-refractivity contribution in [1.29, 1.82) is 0 Å². The maximum absolute atomic E-state index is 14.1. The van der Waals surface area contributed by atoms with E-state index in [1.165, 1.54) is 11.6 Å². The summed E-state index contributed by atoms with van der Waals surface area (Å²) in [5.41, 5.74) is 0.286. The predicted molar refractivity (Wildman–Crippen MR) is 75.0 cm³/mol. The number of hydrogen-bond donors (Lipinski definition) is 1. The van der Waals surface area contributed by atoms with Gasteiger partial charge >= 0.3 is 11.8 Å². The van der Waals surface area contributed by atoms with Gasteiger partial charge in [-0.25, -0.2) is 17.5 Å². The second-order valence-corrected chi connectivity index (χ2v) is 7.09. The Hall–Kier alpha value is -1.61. The number of nitrogens with one attached hydrogen (secondary N) is 1. The number of ether oxygens (including phenoxy) is 1. The summed E-state index contributed by atoms with van der Waals surface area (Å²) in [6.07, 6.45) is -0.0842. The number of halogens is 3. The van der Waals surface area contributed by atoms with E-state index >= 15 is 0 Å². The van der Waals surface area contributed by atoms with E-state index in [2.05, 4.69) is 0 Å². The molecule has 0 aromatic heterocycles. The minimum atomic E-state index is -4.58. The van der Waals surface area contributed by atoms with Crippen molar-refractivity contribution in [2.45, 2.75) is 30.6 Å². The highest BCUT2D eigenvalue weighted by molar-refractivity contribution is 7.90. The second-order valence-electron chi connectivity index (χ2n) is 5.41. The van der Waals surface area contributed by atoms with E-state index in [0.717, 1.165) is 12.1 Å². The monoisotopic (exact) mass is 351 g/mol. The molecule has 23 heavy (non-hydrogen) atoms. The molecule has 9 heteroatoms. The molecule has 1 saturated heterocycles. The van der Waals surface area contributed by atoms with E-state index < -0.39 is 38.5 Å². The normalized spacial score (nSPS) is 17.0. The number of rotatable bonds is 4. The average Bonchev–Trinajstić information content (AvgIpc) is 2.46.